The summed E-state index contributed by atoms with van der Waals surface area (Å²) in [6, 6.07) is 4.90. The third kappa shape index (κ3) is 1.67. The van der Waals surface area contributed by atoms with E-state index in [2.05, 4.69) is 0 Å². The molecule has 2 rings (SSSR count). The molecule has 5 nitrogen and oxygen atoms in total. The van der Waals surface area contributed by atoms with Crippen molar-refractivity contribution in [1.29, 1.82) is 0 Å². The van der Waals surface area contributed by atoms with Crippen LogP contribution in [0.3, 0.4) is 0 Å². The SMILES string of the molecule is CC(=O)N1C=Cc2cccc([N+](=O)[O-])c2C1. The fraction of sp³-hybridized carbons (Fsp3) is 0.182. The minimum absolute atomic E-state index is 0.0631. The van der Waals surface area contributed by atoms with E-state index in [0.29, 0.717) is 5.56 Å². The molecule has 0 spiro atoms. The number of rotatable bonds is 1. The van der Waals surface area contributed by atoms with Gasteiger partial charge in [-0.3, -0.25) is 14.9 Å². The molecule has 16 heavy (non-hydrogen) atoms. The van der Waals surface area contributed by atoms with Crippen LogP contribution in [0.5, 0.6) is 0 Å². The summed E-state index contributed by atoms with van der Waals surface area (Å²) in [6.45, 7) is 1.70. The summed E-state index contributed by atoms with van der Waals surface area (Å²) in [5.74, 6) is -0.125. The number of nitrogens with zero attached hydrogens (tertiary/aromatic N) is 2. The van der Waals surface area contributed by atoms with Gasteiger partial charge in [-0.05, 0) is 11.6 Å². The number of fused-ring (bicyclic) bond motifs is 1. The van der Waals surface area contributed by atoms with Crippen LogP contribution in [0, 0.1) is 10.1 Å². The van der Waals surface area contributed by atoms with Gasteiger partial charge < -0.3 is 4.90 Å². The van der Waals surface area contributed by atoms with Crippen molar-refractivity contribution in [2.75, 3.05) is 0 Å². The van der Waals surface area contributed by atoms with Crippen LogP contribution in [0.25, 0.3) is 6.08 Å². The largest absolute Gasteiger partial charge is 0.315 e. The first kappa shape index (κ1) is 10.4. The third-order valence-electron chi connectivity index (χ3n) is 2.55. The van der Waals surface area contributed by atoms with Crippen molar-refractivity contribution in [2.24, 2.45) is 0 Å². The molecule has 0 radical (unpaired) electrons. The van der Waals surface area contributed by atoms with Gasteiger partial charge in [0.1, 0.15) is 0 Å². The first-order valence-electron chi connectivity index (χ1n) is 4.81. The van der Waals surface area contributed by atoms with Gasteiger partial charge in [0.2, 0.25) is 5.91 Å². The summed E-state index contributed by atoms with van der Waals surface area (Å²) in [4.78, 5) is 23.1. The molecule has 82 valence electrons. The van der Waals surface area contributed by atoms with Crippen molar-refractivity contribution < 1.29 is 9.72 Å². The Morgan fingerprint density at radius 2 is 2.25 bits per heavy atom. The molecular formula is C11H10N2O3. The number of nitro benzene ring substituents is 1. The average molecular weight is 218 g/mol. The first-order chi connectivity index (χ1) is 7.59. The Morgan fingerprint density at radius 1 is 1.50 bits per heavy atom. The van der Waals surface area contributed by atoms with E-state index in [-0.39, 0.29) is 18.1 Å². The second kappa shape index (κ2) is 3.77. The van der Waals surface area contributed by atoms with Crippen LogP contribution in [-0.4, -0.2) is 15.7 Å². The highest BCUT2D eigenvalue weighted by molar-refractivity contribution is 5.77. The molecule has 1 aliphatic rings. The zero-order chi connectivity index (χ0) is 11.7. The maximum Gasteiger partial charge on any atom is 0.275 e. The number of carbonyl (C=O) groups is 1. The Kier molecular flexibility index (Phi) is 2.44. The third-order valence-corrected chi connectivity index (χ3v) is 2.55. The maximum absolute atomic E-state index is 11.2. The zero-order valence-corrected chi connectivity index (χ0v) is 8.71. The monoisotopic (exact) mass is 218 g/mol. The lowest BCUT2D eigenvalue weighted by atomic mass is 10.0. The highest BCUT2D eigenvalue weighted by Crippen LogP contribution is 2.28. The van der Waals surface area contributed by atoms with Crippen molar-refractivity contribution in [3.05, 3.63) is 45.6 Å². The van der Waals surface area contributed by atoms with Crippen LogP contribution in [0.1, 0.15) is 18.1 Å². The van der Waals surface area contributed by atoms with E-state index in [9.17, 15) is 14.9 Å². The summed E-state index contributed by atoms with van der Waals surface area (Å²) >= 11 is 0. The zero-order valence-electron chi connectivity index (χ0n) is 8.71. The predicted octanol–water partition coefficient (Wildman–Crippen LogP) is 1.93. The number of hydrogen-bond donors (Lipinski definition) is 0. The van der Waals surface area contributed by atoms with Gasteiger partial charge in [-0.1, -0.05) is 12.1 Å². The Morgan fingerprint density at radius 3 is 2.88 bits per heavy atom. The van der Waals surface area contributed by atoms with Gasteiger partial charge in [0, 0.05) is 19.2 Å². The summed E-state index contributed by atoms with van der Waals surface area (Å²) in [5.41, 5.74) is 1.45. The molecule has 0 atom stereocenters. The minimum atomic E-state index is -0.420. The minimum Gasteiger partial charge on any atom is -0.315 e. The fourth-order valence-corrected chi connectivity index (χ4v) is 1.70. The number of carbonyl (C=O) groups excluding carboxylic acids is 1. The Balaban J connectivity index is 2.48. The Bertz CT molecular complexity index is 494. The molecule has 0 saturated carbocycles. The van der Waals surface area contributed by atoms with Crippen molar-refractivity contribution in [1.82, 2.24) is 4.90 Å². The lowest BCUT2D eigenvalue weighted by Gasteiger charge is -2.21. The Labute approximate surface area is 92.1 Å². The summed E-state index contributed by atoms with van der Waals surface area (Å²) in [5, 5.41) is 10.8. The molecule has 1 heterocycles. The van der Waals surface area contributed by atoms with Crippen LogP contribution < -0.4 is 0 Å². The number of benzene rings is 1. The van der Waals surface area contributed by atoms with Crippen LogP contribution >= 0.6 is 0 Å². The van der Waals surface area contributed by atoms with E-state index < -0.39 is 4.92 Å². The summed E-state index contributed by atoms with van der Waals surface area (Å²) in [7, 11) is 0. The molecule has 0 aliphatic carbocycles. The molecule has 1 aliphatic heterocycles. The first-order valence-corrected chi connectivity index (χ1v) is 4.81. The van der Waals surface area contributed by atoms with Crippen LogP contribution in [0.15, 0.2) is 24.4 Å². The predicted molar refractivity (Wildman–Crippen MR) is 58.4 cm³/mol. The van der Waals surface area contributed by atoms with Gasteiger partial charge in [0.15, 0.2) is 0 Å². The lowest BCUT2D eigenvalue weighted by Crippen LogP contribution is -2.25. The Hall–Kier alpha value is -2.17. The summed E-state index contributed by atoms with van der Waals surface area (Å²) in [6.07, 6.45) is 3.36. The second-order valence-corrected chi connectivity index (χ2v) is 3.56. The van der Waals surface area contributed by atoms with E-state index in [4.69, 9.17) is 0 Å². The fourth-order valence-electron chi connectivity index (χ4n) is 1.70. The van der Waals surface area contributed by atoms with Gasteiger partial charge >= 0.3 is 0 Å². The van der Waals surface area contributed by atoms with Gasteiger partial charge in [-0.2, -0.15) is 0 Å². The molecule has 5 heteroatoms. The van der Waals surface area contributed by atoms with Crippen molar-refractivity contribution in [2.45, 2.75) is 13.5 Å². The molecule has 1 aromatic carbocycles. The quantitative estimate of drug-likeness (QED) is 0.534. The maximum atomic E-state index is 11.2. The van der Waals surface area contributed by atoms with E-state index in [1.54, 1.807) is 24.4 Å². The number of nitro groups is 1. The van der Waals surface area contributed by atoms with E-state index in [0.717, 1.165) is 5.56 Å². The standard InChI is InChI=1S/C11H10N2O3/c1-8(14)12-6-5-9-3-2-4-11(13(15)16)10(9)7-12/h2-6H,7H2,1H3. The molecule has 1 amide bonds. The average Bonchev–Trinajstić information content (AvgIpc) is 2.27. The molecule has 0 bridgehead atoms. The van der Waals surface area contributed by atoms with Crippen LogP contribution in [0.2, 0.25) is 0 Å². The highest BCUT2D eigenvalue weighted by atomic mass is 16.6. The molecule has 0 unspecified atom stereocenters. The van der Waals surface area contributed by atoms with Crippen LogP contribution in [-0.2, 0) is 11.3 Å². The van der Waals surface area contributed by atoms with Gasteiger partial charge in [0.25, 0.3) is 5.69 Å². The smallest absolute Gasteiger partial charge is 0.275 e. The van der Waals surface area contributed by atoms with Gasteiger partial charge in [-0.25, -0.2) is 0 Å². The van der Waals surface area contributed by atoms with Crippen LogP contribution in [0.4, 0.5) is 5.69 Å². The highest BCUT2D eigenvalue weighted by Gasteiger charge is 2.22. The molecule has 1 aromatic rings. The van der Waals surface area contributed by atoms with E-state index in [1.807, 2.05) is 0 Å². The van der Waals surface area contributed by atoms with Gasteiger partial charge in [-0.15, -0.1) is 0 Å². The summed E-state index contributed by atoms with van der Waals surface area (Å²) < 4.78 is 0. The lowest BCUT2D eigenvalue weighted by molar-refractivity contribution is -0.385. The topological polar surface area (TPSA) is 63.5 Å². The molecular weight excluding hydrogens is 208 g/mol. The normalized spacial score (nSPS) is 13.4. The molecule has 0 aromatic heterocycles. The van der Waals surface area contributed by atoms with Crippen molar-refractivity contribution >= 4 is 17.7 Å². The second-order valence-electron chi connectivity index (χ2n) is 3.56. The van der Waals surface area contributed by atoms with E-state index >= 15 is 0 Å². The molecule has 0 N–H and O–H groups in total. The molecule has 0 fully saturated rings. The van der Waals surface area contributed by atoms with Gasteiger partial charge in [0.05, 0.1) is 17.0 Å². The van der Waals surface area contributed by atoms with Crippen molar-refractivity contribution in [3.8, 4) is 0 Å². The van der Waals surface area contributed by atoms with E-state index in [1.165, 1.54) is 17.9 Å². The number of hydrogen-bond acceptors (Lipinski definition) is 3. The number of amides is 1. The van der Waals surface area contributed by atoms with Crippen molar-refractivity contribution in [3.63, 3.8) is 0 Å². The molecule has 0 saturated heterocycles.